The van der Waals surface area contributed by atoms with Crippen molar-refractivity contribution in [2.24, 2.45) is 0 Å². The summed E-state index contributed by atoms with van der Waals surface area (Å²) in [4.78, 5) is 14.7. The predicted octanol–water partition coefficient (Wildman–Crippen LogP) is 6.06. The summed E-state index contributed by atoms with van der Waals surface area (Å²) in [5.74, 6) is -0.194. The number of rotatable bonds is 6. The monoisotopic (exact) mass is 480 g/mol. The van der Waals surface area contributed by atoms with Gasteiger partial charge >= 0.3 is 12.1 Å². The van der Waals surface area contributed by atoms with Gasteiger partial charge in [-0.2, -0.15) is 13.2 Å². The largest absolute Gasteiger partial charge is 0.493 e. The average Bonchev–Trinajstić information content (AvgIpc) is 3.41. The molecule has 2 aromatic carbocycles. The maximum absolute atomic E-state index is 13.0. The number of hydrogen-bond acceptors (Lipinski definition) is 3. The summed E-state index contributed by atoms with van der Waals surface area (Å²) in [5.41, 5.74) is 5.38. The molecule has 5 rings (SSSR count). The van der Waals surface area contributed by atoms with E-state index < -0.39 is 17.8 Å². The lowest BCUT2D eigenvalue weighted by Gasteiger charge is -2.13. The highest BCUT2D eigenvalue weighted by atomic mass is 19.4. The minimum atomic E-state index is -4.48. The van der Waals surface area contributed by atoms with Crippen LogP contribution in [0.5, 0.6) is 5.75 Å². The van der Waals surface area contributed by atoms with Crippen molar-refractivity contribution in [1.82, 2.24) is 9.38 Å². The van der Waals surface area contributed by atoms with Gasteiger partial charge in [-0.1, -0.05) is 30.3 Å². The van der Waals surface area contributed by atoms with E-state index in [0.717, 1.165) is 58.2 Å². The first-order valence-corrected chi connectivity index (χ1v) is 11.3. The van der Waals surface area contributed by atoms with Gasteiger partial charge in [0.1, 0.15) is 11.4 Å². The zero-order valence-electron chi connectivity index (χ0n) is 19.0. The van der Waals surface area contributed by atoms with Gasteiger partial charge in [0.15, 0.2) is 5.69 Å². The Morgan fingerprint density at radius 1 is 1.14 bits per heavy atom. The van der Waals surface area contributed by atoms with Crippen LogP contribution in [-0.4, -0.2) is 27.1 Å². The Labute approximate surface area is 199 Å². The molecule has 0 fully saturated rings. The number of alkyl halides is 3. The Kier molecular flexibility index (Phi) is 5.75. The molecule has 0 bridgehead atoms. The summed E-state index contributed by atoms with van der Waals surface area (Å²) >= 11 is 0. The molecule has 0 saturated carbocycles. The second-order valence-corrected chi connectivity index (χ2v) is 8.87. The van der Waals surface area contributed by atoms with Crippen molar-refractivity contribution in [2.75, 3.05) is 6.61 Å². The third-order valence-electron chi connectivity index (χ3n) is 6.56. The number of carboxylic acids is 1. The maximum Gasteiger partial charge on any atom is 0.434 e. The summed E-state index contributed by atoms with van der Waals surface area (Å²) in [5, 5.41) is 9.08. The summed E-state index contributed by atoms with van der Waals surface area (Å²) in [7, 11) is 0. The molecule has 0 saturated heterocycles. The molecule has 2 aromatic heterocycles. The van der Waals surface area contributed by atoms with Crippen molar-refractivity contribution in [1.29, 1.82) is 0 Å². The van der Waals surface area contributed by atoms with Gasteiger partial charge in [0.05, 0.1) is 13.0 Å². The first-order valence-electron chi connectivity index (χ1n) is 11.3. The topological polar surface area (TPSA) is 63.8 Å². The van der Waals surface area contributed by atoms with Crippen LogP contribution in [0.15, 0.2) is 60.9 Å². The molecule has 180 valence electrons. The molecular formula is C27H23F3N2O3. The molecule has 8 heteroatoms. The minimum absolute atomic E-state index is 0.0563. The maximum atomic E-state index is 13.0. The van der Waals surface area contributed by atoms with Crippen molar-refractivity contribution in [3.05, 3.63) is 88.9 Å². The molecule has 5 nitrogen and oxygen atoms in total. The second kappa shape index (κ2) is 8.76. The van der Waals surface area contributed by atoms with Gasteiger partial charge in [-0.25, -0.2) is 4.98 Å². The Morgan fingerprint density at radius 3 is 2.74 bits per heavy atom. The Bertz CT molecular complexity index is 1430. The minimum Gasteiger partial charge on any atom is -0.493 e. The van der Waals surface area contributed by atoms with Gasteiger partial charge in [0.2, 0.25) is 0 Å². The van der Waals surface area contributed by atoms with Crippen LogP contribution < -0.4 is 4.74 Å². The predicted molar refractivity (Wildman–Crippen MR) is 125 cm³/mol. The summed E-state index contributed by atoms with van der Waals surface area (Å²) in [6.45, 7) is 2.41. The molecule has 0 spiro atoms. The van der Waals surface area contributed by atoms with Gasteiger partial charge in [0, 0.05) is 23.9 Å². The first-order chi connectivity index (χ1) is 16.7. The normalized spacial score (nSPS) is 15.3. The van der Waals surface area contributed by atoms with Crippen LogP contribution in [0.4, 0.5) is 13.2 Å². The highest BCUT2D eigenvalue weighted by molar-refractivity contribution is 5.70. The van der Waals surface area contributed by atoms with Crippen LogP contribution in [0, 0.1) is 6.92 Å². The van der Waals surface area contributed by atoms with Crippen molar-refractivity contribution in [3.63, 3.8) is 0 Å². The molecule has 1 atom stereocenters. The van der Waals surface area contributed by atoms with Gasteiger partial charge in [-0.05, 0) is 65.8 Å². The third-order valence-corrected chi connectivity index (χ3v) is 6.56. The van der Waals surface area contributed by atoms with Crippen molar-refractivity contribution in [2.45, 2.75) is 38.3 Å². The van der Waals surface area contributed by atoms with Gasteiger partial charge < -0.3 is 14.2 Å². The van der Waals surface area contributed by atoms with Crippen LogP contribution in [0.1, 0.15) is 40.3 Å². The lowest BCUT2D eigenvalue weighted by Crippen LogP contribution is -2.07. The molecular weight excluding hydrogens is 457 g/mol. The van der Waals surface area contributed by atoms with Crippen molar-refractivity contribution in [3.8, 4) is 16.9 Å². The fourth-order valence-corrected chi connectivity index (χ4v) is 4.69. The fourth-order valence-electron chi connectivity index (χ4n) is 4.69. The molecule has 3 heterocycles. The van der Waals surface area contributed by atoms with E-state index in [9.17, 15) is 18.0 Å². The zero-order valence-corrected chi connectivity index (χ0v) is 19.0. The number of aromatic nitrogens is 2. The highest BCUT2D eigenvalue weighted by Gasteiger charge is 2.34. The molecule has 4 aromatic rings. The van der Waals surface area contributed by atoms with E-state index in [1.807, 2.05) is 37.3 Å². The lowest BCUT2D eigenvalue weighted by atomic mass is 9.92. The Hall–Kier alpha value is -3.81. The average molecular weight is 480 g/mol. The number of imidazole rings is 1. The van der Waals surface area contributed by atoms with E-state index in [4.69, 9.17) is 9.84 Å². The van der Waals surface area contributed by atoms with Crippen molar-refractivity contribution >= 4 is 11.6 Å². The quantitative estimate of drug-likeness (QED) is 0.364. The number of nitrogens with zero attached hydrogens (tertiary/aromatic N) is 2. The van der Waals surface area contributed by atoms with Crippen LogP contribution in [-0.2, 0) is 23.8 Å². The van der Waals surface area contributed by atoms with E-state index in [2.05, 4.69) is 11.1 Å². The molecule has 0 aliphatic carbocycles. The van der Waals surface area contributed by atoms with Crippen LogP contribution in [0.25, 0.3) is 16.8 Å². The molecule has 0 unspecified atom stereocenters. The number of pyridine rings is 1. The van der Waals surface area contributed by atoms with Crippen molar-refractivity contribution < 1.29 is 27.8 Å². The number of aliphatic carboxylic acids is 1. The highest BCUT2D eigenvalue weighted by Crippen LogP contribution is 2.37. The number of aryl methyl sites for hydroxylation is 2. The molecule has 1 aliphatic heterocycles. The SMILES string of the molecule is Cc1c(CCc2ccc3c(c2)OC[C@H]3CC(=O)O)cccc1-c1ccc2nc(C(F)(F)F)cn2c1. The molecule has 0 radical (unpaired) electrons. The van der Waals surface area contributed by atoms with Crippen LogP contribution >= 0.6 is 0 Å². The smallest absolute Gasteiger partial charge is 0.434 e. The van der Waals surface area contributed by atoms with E-state index >= 15 is 0 Å². The van der Waals surface area contributed by atoms with Crippen LogP contribution in [0.2, 0.25) is 0 Å². The second-order valence-electron chi connectivity index (χ2n) is 8.87. The summed E-state index contributed by atoms with van der Waals surface area (Å²) in [6, 6.07) is 15.3. The van der Waals surface area contributed by atoms with E-state index in [1.54, 1.807) is 18.3 Å². The Morgan fingerprint density at radius 2 is 1.97 bits per heavy atom. The summed E-state index contributed by atoms with van der Waals surface area (Å²) < 4.78 is 46.2. The van der Waals surface area contributed by atoms with Gasteiger partial charge in [0.25, 0.3) is 0 Å². The van der Waals surface area contributed by atoms with Gasteiger partial charge in [-0.15, -0.1) is 0 Å². The third kappa shape index (κ3) is 4.60. The van der Waals surface area contributed by atoms with E-state index in [-0.39, 0.29) is 18.0 Å². The number of ether oxygens (including phenoxy) is 1. The number of benzene rings is 2. The molecule has 35 heavy (non-hydrogen) atoms. The number of carbonyl (C=O) groups is 1. The standard InChI is InChI=1S/C27H23F3N2O3/c1-16-18(7-5-17-6-9-22-20(12-26(33)34)15-35-23(22)11-17)3-2-4-21(16)19-8-10-25-31-24(27(28,29)30)14-32(25)13-19/h2-4,6,8-11,13-14,20H,5,7,12,15H2,1H3,(H,33,34)/t20-/m1/s1. The Balaban J connectivity index is 1.35. The zero-order chi connectivity index (χ0) is 24.7. The summed E-state index contributed by atoms with van der Waals surface area (Å²) in [6.07, 6.45) is -0.185. The fraction of sp³-hybridized carbons (Fsp3) is 0.259. The molecule has 1 N–H and O–H groups in total. The van der Waals surface area contributed by atoms with E-state index in [0.29, 0.717) is 6.61 Å². The molecule has 0 amide bonds. The number of hydrogen-bond donors (Lipinski definition) is 1. The van der Waals surface area contributed by atoms with E-state index in [1.165, 1.54) is 4.40 Å². The van der Waals surface area contributed by atoms with Gasteiger partial charge in [-0.3, -0.25) is 4.79 Å². The number of fused-ring (bicyclic) bond motifs is 2. The van der Waals surface area contributed by atoms with Crippen LogP contribution in [0.3, 0.4) is 0 Å². The number of halogens is 3. The molecule has 1 aliphatic rings. The first kappa shape index (κ1) is 23.0. The number of carboxylic acid groups (broad SMARTS) is 1. The lowest BCUT2D eigenvalue weighted by molar-refractivity contribution is -0.141.